The molecule has 0 aliphatic heterocycles. The number of anilines is 1. The molecule has 0 fully saturated rings. The summed E-state index contributed by atoms with van der Waals surface area (Å²) in [4.78, 5) is 21.9. The normalized spacial score (nSPS) is 12.1. The van der Waals surface area contributed by atoms with Crippen LogP contribution in [0.15, 0.2) is 12.4 Å². The molecule has 0 aliphatic rings. The first-order chi connectivity index (χ1) is 12.9. The van der Waals surface area contributed by atoms with E-state index in [1.165, 1.54) is 11.3 Å². The second kappa shape index (κ2) is 9.45. The lowest BCUT2D eigenvalue weighted by atomic mass is 10.1. The zero-order valence-corrected chi connectivity index (χ0v) is 17.1. The zero-order valence-electron chi connectivity index (χ0n) is 17.1. The Morgan fingerprint density at radius 1 is 1.30 bits per heavy atom. The number of aromatic nitrogens is 4. The van der Waals surface area contributed by atoms with Crippen molar-refractivity contribution in [3.05, 3.63) is 34.9 Å². The predicted octanol–water partition coefficient (Wildman–Crippen LogP) is 2.16. The standard InChI is InChI=1S/C19H30N6O2/c1-7-25-15(5)18(14(4)23-25)13(3)20-9-16-10-21-19(22-11-16)24(6)12-17(26)27-8-2/h10-11,13,20H,7-9,12H2,1-6H3/t13-/m0/s1. The Balaban J connectivity index is 1.95. The number of likely N-dealkylation sites (N-methyl/N-ethyl adjacent to an activating group) is 1. The second-order valence-electron chi connectivity index (χ2n) is 6.56. The van der Waals surface area contributed by atoms with Gasteiger partial charge in [-0.2, -0.15) is 5.10 Å². The third-order valence-electron chi connectivity index (χ3n) is 4.49. The van der Waals surface area contributed by atoms with E-state index in [1.54, 1.807) is 31.3 Å². The van der Waals surface area contributed by atoms with Gasteiger partial charge in [0.1, 0.15) is 6.54 Å². The van der Waals surface area contributed by atoms with E-state index in [0.717, 1.165) is 17.8 Å². The molecule has 0 amide bonds. The Bertz CT molecular complexity index is 756. The molecule has 2 aromatic heterocycles. The van der Waals surface area contributed by atoms with Crippen molar-refractivity contribution in [1.29, 1.82) is 0 Å². The van der Waals surface area contributed by atoms with Crippen LogP contribution >= 0.6 is 0 Å². The molecular formula is C19H30N6O2. The molecule has 8 heteroatoms. The molecule has 0 radical (unpaired) electrons. The van der Waals surface area contributed by atoms with Gasteiger partial charge in [0, 0.05) is 55.4 Å². The summed E-state index contributed by atoms with van der Waals surface area (Å²) in [5, 5.41) is 8.09. The minimum Gasteiger partial charge on any atom is -0.465 e. The summed E-state index contributed by atoms with van der Waals surface area (Å²) in [6, 6.07) is 0.177. The maximum Gasteiger partial charge on any atom is 0.325 e. The van der Waals surface area contributed by atoms with Crippen molar-refractivity contribution in [3.8, 4) is 0 Å². The summed E-state index contributed by atoms with van der Waals surface area (Å²) < 4.78 is 6.97. The predicted molar refractivity (Wildman–Crippen MR) is 105 cm³/mol. The van der Waals surface area contributed by atoms with Gasteiger partial charge in [-0.25, -0.2) is 9.97 Å². The summed E-state index contributed by atoms with van der Waals surface area (Å²) in [6.07, 6.45) is 3.55. The maximum absolute atomic E-state index is 11.5. The highest BCUT2D eigenvalue weighted by Crippen LogP contribution is 2.21. The average Bonchev–Trinajstić information content (AvgIpc) is 2.93. The van der Waals surface area contributed by atoms with Crippen LogP contribution in [0.4, 0.5) is 5.95 Å². The fourth-order valence-electron chi connectivity index (χ4n) is 3.13. The highest BCUT2D eigenvalue weighted by Gasteiger charge is 2.17. The van der Waals surface area contributed by atoms with E-state index in [2.05, 4.69) is 41.2 Å². The van der Waals surface area contributed by atoms with Gasteiger partial charge >= 0.3 is 5.97 Å². The molecule has 2 heterocycles. The van der Waals surface area contributed by atoms with Crippen molar-refractivity contribution in [2.75, 3.05) is 25.1 Å². The first-order valence-corrected chi connectivity index (χ1v) is 9.32. The van der Waals surface area contributed by atoms with Gasteiger partial charge in [-0.15, -0.1) is 0 Å². The first kappa shape index (κ1) is 20.8. The number of carbonyl (C=O) groups is 1. The van der Waals surface area contributed by atoms with E-state index in [4.69, 9.17) is 4.74 Å². The van der Waals surface area contributed by atoms with Crippen LogP contribution in [-0.2, 0) is 22.6 Å². The molecular weight excluding hydrogens is 344 g/mol. The molecule has 0 bridgehead atoms. The number of ether oxygens (including phenoxy) is 1. The molecule has 0 aromatic carbocycles. The van der Waals surface area contributed by atoms with Crippen molar-refractivity contribution < 1.29 is 9.53 Å². The fraction of sp³-hybridized carbons (Fsp3) is 0.579. The molecule has 27 heavy (non-hydrogen) atoms. The Labute approximate surface area is 160 Å². The van der Waals surface area contributed by atoms with Gasteiger partial charge in [-0.1, -0.05) is 0 Å². The summed E-state index contributed by atoms with van der Waals surface area (Å²) in [6.45, 7) is 12.2. The smallest absolute Gasteiger partial charge is 0.325 e. The van der Waals surface area contributed by atoms with Crippen LogP contribution in [0.2, 0.25) is 0 Å². The number of nitrogens with one attached hydrogen (secondary N) is 1. The van der Waals surface area contributed by atoms with E-state index < -0.39 is 0 Å². The highest BCUT2D eigenvalue weighted by atomic mass is 16.5. The molecule has 1 atom stereocenters. The zero-order chi connectivity index (χ0) is 20.0. The Hall–Kier alpha value is -2.48. The average molecular weight is 374 g/mol. The quantitative estimate of drug-likeness (QED) is 0.673. The van der Waals surface area contributed by atoms with Crippen LogP contribution in [0.5, 0.6) is 0 Å². The molecule has 0 saturated carbocycles. The van der Waals surface area contributed by atoms with E-state index in [9.17, 15) is 4.79 Å². The first-order valence-electron chi connectivity index (χ1n) is 9.32. The van der Waals surface area contributed by atoms with E-state index in [1.807, 2.05) is 11.6 Å². The van der Waals surface area contributed by atoms with Crippen LogP contribution in [0.25, 0.3) is 0 Å². The number of carbonyl (C=O) groups excluding carboxylic acids is 1. The second-order valence-corrected chi connectivity index (χ2v) is 6.56. The fourth-order valence-corrected chi connectivity index (χ4v) is 3.13. The van der Waals surface area contributed by atoms with Crippen LogP contribution in [0, 0.1) is 13.8 Å². The lowest BCUT2D eigenvalue weighted by Gasteiger charge is -2.17. The van der Waals surface area contributed by atoms with Crippen molar-refractivity contribution in [2.45, 2.75) is 53.8 Å². The van der Waals surface area contributed by atoms with Crippen LogP contribution in [0.1, 0.15) is 49.3 Å². The molecule has 1 N–H and O–H groups in total. The number of rotatable bonds is 9. The van der Waals surface area contributed by atoms with E-state index >= 15 is 0 Å². The van der Waals surface area contributed by atoms with Gasteiger partial charge in [0.05, 0.1) is 12.3 Å². The van der Waals surface area contributed by atoms with E-state index in [0.29, 0.717) is 19.1 Å². The summed E-state index contributed by atoms with van der Waals surface area (Å²) >= 11 is 0. The van der Waals surface area contributed by atoms with Gasteiger partial charge < -0.3 is 15.0 Å². The minimum absolute atomic E-state index is 0.127. The summed E-state index contributed by atoms with van der Waals surface area (Å²) in [5.74, 6) is 0.206. The lowest BCUT2D eigenvalue weighted by molar-refractivity contribution is -0.141. The number of aryl methyl sites for hydroxylation is 2. The van der Waals surface area contributed by atoms with Crippen molar-refractivity contribution >= 4 is 11.9 Å². The Kier molecular flexibility index (Phi) is 7.29. The maximum atomic E-state index is 11.5. The molecule has 8 nitrogen and oxygen atoms in total. The van der Waals surface area contributed by atoms with Crippen LogP contribution in [0.3, 0.4) is 0 Å². The Morgan fingerprint density at radius 3 is 2.52 bits per heavy atom. The third-order valence-corrected chi connectivity index (χ3v) is 4.49. The largest absolute Gasteiger partial charge is 0.465 e. The monoisotopic (exact) mass is 374 g/mol. The van der Waals surface area contributed by atoms with Gasteiger partial charge in [0.2, 0.25) is 5.95 Å². The molecule has 0 saturated heterocycles. The molecule has 0 spiro atoms. The lowest BCUT2D eigenvalue weighted by Crippen LogP contribution is -2.28. The van der Waals surface area contributed by atoms with Gasteiger partial charge in [0.15, 0.2) is 0 Å². The van der Waals surface area contributed by atoms with Crippen molar-refractivity contribution in [2.24, 2.45) is 0 Å². The van der Waals surface area contributed by atoms with Gasteiger partial charge in [-0.3, -0.25) is 9.48 Å². The van der Waals surface area contributed by atoms with Crippen molar-refractivity contribution in [1.82, 2.24) is 25.1 Å². The van der Waals surface area contributed by atoms with Gasteiger partial charge in [0.25, 0.3) is 0 Å². The molecule has 2 aromatic rings. The minimum atomic E-state index is -0.290. The number of hydrogen-bond acceptors (Lipinski definition) is 7. The number of esters is 1. The van der Waals surface area contributed by atoms with Crippen molar-refractivity contribution in [3.63, 3.8) is 0 Å². The number of hydrogen-bond donors (Lipinski definition) is 1. The molecule has 0 unspecified atom stereocenters. The molecule has 2 rings (SSSR count). The van der Waals surface area contributed by atoms with Crippen LogP contribution in [-0.4, -0.2) is 45.9 Å². The third kappa shape index (κ3) is 5.26. The Morgan fingerprint density at radius 2 is 1.96 bits per heavy atom. The summed E-state index contributed by atoms with van der Waals surface area (Å²) in [7, 11) is 1.77. The topological polar surface area (TPSA) is 85.2 Å². The van der Waals surface area contributed by atoms with Crippen LogP contribution < -0.4 is 10.2 Å². The SMILES string of the molecule is CCOC(=O)CN(C)c1ncc(CN[C@@H](C)c2c(C)nn(CC)c2C)cn1. The molecule has 148 valence electrons. The highest BCUT2D eigenvalue weighted by molar-refractivity contribution is 5.74. The summed E-state index contributed by atoms with van der Waals surface area (Å²) in [5.41, 5.74) is 4.47. The van der Waals surface area contributed by atoms with Gasteiger partial charge in [-0.05, 0) is 34.6 Å². The molecule has 0 aliphatic carbocycles. The number of nitrogens with zero attached hydrogens (tertiary/aromatic N) is 5. The van der Waals surface area contributed by atoms with E-state index in [-0.39, 0.29) is 18.6 Å².